The number of halogens is 1. The Morgan fingerprint density at radius 1 is 1.44 bits per heavy atom. The number of carbonyl (C=O) groups is 1. The van der Waals surface area contributed by atoms with Crippen molar-refractivity contribution < 1.29 is 4.79 Å². The van der Waals surface area contributed by atoms with E-state index in [1.807, 2.05) is 6.07 Å². The van der Waals surface area contributed by atoms with E-state index in [0.29, 0.717) is 6.42 Å². The maximum absolute atomic E-state index is 11.2. The van der Waals surface area contributed by atoms with E-state index in [0.717, 1.165) is 16.6 Å². The molecule has 16 heavy (non-hydrogen) atoms. The fraction of sp³-hybridized carbons (Fsp3) is 0.308. The van der Waals surface area contributed by atoms with Gasteiger partial charge < -0.3 is 4.57 Å². The van der Waals surface area contributed by atoms with Crippen molar-refractivity contribution in [1.29, 1.82) is 0 Å². The minimum atomic E-state index is 0.204. The molecular formula is C13H14BrNO. The molecule has 0 saturated carbocycles. The molecule has 2 rings (SSSR count). The summed E-state index contributed by atoms with van der Waals surface area (Å²) in [7, 11) is 0. The van der Waals surface area contributed by atoms with Gasteiger partial charge in [-0.1, -0.05) is 15.9 Å². The number of rotatable bonds is 3. The third-order valence-electron chi connectivity index (χ3n) is 2.71. The summed E-state index contributed by atoms with van der Waals surface area (Å²) in [6.45, 7) is 4.67. The lowest BCUT2D eigenvalue weighted by Crippen LogP contribution is -1.95. The Hall–Kier alpha value is -1.09. The first kappa shape index (κ1) is 11.4. The van der Waals surface area contributed by atoms with Crippen LogP contribution in [0.5, 0.6) is 0 Å². The van der Waals surface area contributed by atoms with Crippen molar-refractivity contribution in [3.63, 3.8) is 0 Å². The lowest BCUT2D eigenvalue weighted by molar-refractivity contribution is -0.116. The van der Waals surface area contributed by atoms with Gasteiger partial charge in [-0.25, -0.2) is 0 Å². The Kier molecular flexibility index (Phi) is 3.15. The van der Waals surface area contributed by atoms with Gasteiger partial charge in [-0.15, -0.1) is 0 Å². The van der Waals surface area contributed by atoms with Crippen LogP contribution in [0, 0.1) is 0 Å². The fourth-order valence-electron chi connectivity index (χ4n) is 2.01. The van der Waals surface area contributed by atoms with E-state index in [1.54, 1.807) is 6.92 Å². The molecule has 0 aliphatic heterocycles. The molecule has 0 atom stereocenters. The van der Waals surface area contributed by atoms with E-state index >= 15 is 0 Å². The number of aryl methyl sites for hydroxylation is 1. The summed E-state index contributed by atoms with van der Waals surface area (Å²) in [4.78, 5) is 11.2. The van der Waals surface area contributed by atoms with Crippen molar-refractivity contribution in [2.24, 2.45) is 0 Å². The molecule has 0 aliphatic carbocycles. The number of hydrogen-bond acceptors (Lipinski definition) is 1. The number of hydrogen-bond donors (Lipinski definition) is 0. The Balaban J connectivity index is 2.63. The van der Waals surface area contributed by atoms with Gasteiger partial charge >= 0.3 is 0 Å². The van der Waals surface area contributed by atoms with Gasteiger partial charge in [0, 0.05) is 34.5 Å². The zero-order valence-electron chi connectivity index (χ0n) is 9.46. The lowest BCUT2D eigenvalue weighted by Gasteiger charge is -1.99. The molecule has 1 aromatic carbocycles. The summed E-state index contributed by atoms with van der Waals surface area (Å²) in [6.07, 6.45) is 2.60. The number of ketones is 1. The second-order valence-corrected chi connectivity index (χ2v) is 4.90. The fourth-order valence-corrected chi connectivity index (χ4v) is 2.37. The van der Waals surface area contributed by atoms with Crippen molar-refractivity contribution in [1.82, 2.24) is 4.57 Å². The summed E-state index contributed by atoms with van der Waals surface area (Å²) in [5, 5.41) is 1.17. The second kappa shape index (κ2) is 4.42. The number of aromatic nitrogens is 1. The van der Waals surface area contributed by atoms with E-state index < -0.39 is 0 Å². The highest BCUT2D eigenvalue weighted by Crippen LogP contribution is 2.25. The minimum Gasteiger partial charge on any atom is -0.347 e. The van der Waals surface area contributed by atoms with Crippen LogP contribution in [0.1, 0.15) is 19.4 Å². The maximum Gasteiger partial charge on any atom is 0.134 e. The Morgan fingerprint density at radius 2 is 2.19 bits per heavy atom. The topological polar surface area (TPSA) is 22.0 Å². The predicted octanol–water partition coefficient (Wildman–Crippen LogP) is 3.56. The molecule has 2 aromatic rings. The van der Waals surface area contributed by atoms with Gasteiger partial charge in [0.15, 0.2) is 0 Å². The Morgan fingerprint density at radius 3 is 2.81 bits per heavy atom. The van der Waals surface area contributed by atoms with Crippen molar-refractivity contribution in [2.45, 2.75) is 26.8 Å². The first-order chi connectivity index (χ1) is 7.61. The summed E-state index contributed by atoms with van der Waals surface area (Å²) in [5.74, 6) is 0.204. The Bertz CT molecular complexity index is 542. The third-order valence-corrected chi connectivity index (χ3v) is 3.20. The maximum atomic E-state index is 11.2. The first-order valence-corrected chi connectivity index (χ1v) is 6.18. The van der Waals surface area contributed by atoms with Crippen molar-refractivity contribution in [2.75, 3.05) is 0 Å². The molecule has 3 heteroatoms. The van der Waals surface area contributed by atoms with E-state index in [4.69, 9.17) is 0 Å². The van der Waals surface area contributed by atoms with Gasteiger partial charge in [-0.2, -0.15) is 0 Å². The van der Waals surface area contributed by atoms with Crippen molar-refractivity contribution >= 4 is 32.6 Å². The molecule has 0 radical (unpaired) electrons. The van der Waals surface area contributed by atoms with E-state index in [2.05, 4.69) is 45.8 Å². The molecular weight excluding hydrogens is 266 g/mol. The number of benzene rings is 1. The van der Waals surface area contributed by atoms with E-state index in [1.165, 1.54) is 10.9 Å². The summed E-state index contributed by atoms with van der Waals surface area (Å²) in [5.41, 5.74) is 2.31. The van der Waals surface area contributed by atoms with Crippen LogP contribution in [0.3, 0.4) is 0 Å². The molecule has 2 nitrogen and oxygen atoms in total. The van der Waals surface area contributed by atoms with Gasteiger partial charge in [-0.05, 0) is 37.6 Å². The molecule has 0 fully saturated rings. The first-order valence-electron chi connectivity index (χ1n) is 5.38. The molecule has 0 aliphatic rings. The van der Waals surface area contributed by atoms with Gasteiger partial charge in [0.05, 0.1) is 0 Å². The van der Waals surface area contributed by atoms with Crippen LogP contribution in [0.2, 0.25) is 0 Å². The van der Waals surface area contributed by atoms with Crippen LogP contribution in [-0.2, 0) is 17.8 Å². The highest BCUT2D eigenvalue weighted by atomic mass is 79.9. The van der Waals surface area contributed by atoms with Crippen molar-refractivity contribution in [3.8, 4) is 0 Å². The van der Waals surface area contributed by atoms with E-state index in [9.17, 15) is 4.79 Å². The quantitative estimate of drug-likeness (QED) is 0.842. The molecule has 0 amide bonds. The molecule has 84 valence electrons. The summed E-state index contributed by atoms with van der Waals surface area (Å²) >= 11 is 3.47. The largest absolute Gasteiger partial charge is 0.347 e. The Labute approximate surface area is 103 Å². The van der Waals surface area contributed by atoms with Gasteiger partial charge in [0.2, 0.25) is 0 Å². The molecule has 1 heterocycles. The van der Waals surface area contributed by atoms with Crippen molar-refractivity contribution in [3.05, 3.63) is 34.4 Å². The SMILES string of the molecule is CCn1cc(CC(C)=O)c2cc(Br)ccc21. The van der Waals surface area contributed by atoms with Crippen LogP contribution in [0.15, 0.2) is 28.9 Å². The molecule has 0 N–H and O–H groups in total. The average Bonchev–Trinajstić information content (AvgIpc) is 2.55. The highest BCUT2D eigenvalue weighted by molar-refractivity contribution is 9.10. The number of Topliss-reactive ketones (excluding diaryl/α,β-unsaturated/α-hetero) is 1. The normalized spacial score (nSPS) is 10.9. The summed E-state index contributed by atoms with van der Waals surface area (Å²) < 4.78 is 3.23. The molecule has 0 saturated heterocycles. The highest BCUT2D eigenvalue weighted by Gasteiger charge is 2.09. The number of carbonyl (C=O) groups excluding carboxylic acids is 1. The smallest absolute Gasteiger partial charge is 0.134 e. The zero-order chi connectivity index (χ0) is 11.7. The van der Waals surface area contributed by atoms with E-state index in [-0.39, 0.29) is 5.78 Å². The molecule has 0 spiro atoms. The standard InChI is InChI=1S/C13H14BrNO/c1-3-15-8-10(6-9(2)16)12-7-11(14)4-5-13(12)15/h4-5,7-8H,3,6H2,1-2H3. The minimum absolute atomic E-state index is 0.204. The van der Waals surface area contributed by atoms with Gasteiger partial charge in [0.25, 0.3) is 0 Å². The summed E-state index contributed by atoms with van der Waals surface area (Å²) in [6, 6.07) is 6.21. The number of fused-ring (bicyclic) bond motifs is 1. The van der Waals surface area contributed by atoms with Crippen LogP contribution in [0.4, 0.5) is 0 Å². The van der Waals surface area contributed by atoms with Crippen LogP contribution >= 0.6 is 15.9 Å². The van der Waals surface area contributed by atoms with Crippen LogP contribution in [0.25, 0.3) is 10.9 Å². The average molecular weight is 280 g/mol. The zero-order valence-corrected chi connectivity index (χ0v) is 11.0. The monoisotopic (exact) mass is 279 g/mol. The van der Waals surface area contributed by atoms with Crippen LogP contribution in [-0.4, -0.2) is 10.4 Å². The number of nitrogens with zero attached hydrogens (tertiary/aromatic N) is 1. The van der Waals surface area contributed by atoms with Gasteiger partial charge in [0.1, 0.15) is 5.78 Å². The second-order valence-electron chi connectivity index (χ2n) is 3.98. The lowest BCUT2D eigenvalue weighted by atomic mass is 10.1. The predicted molar refractivity (Wildman–Crippen MR) is 69.7 cm³/mol. The third kappa shape index (κ3) is 2.05. The molecule has 0 unspecified atom stereocenters. The molecule has 1 aromatic heterocycles. The van der Waals surface area contributed by atoms with Gasteiger partial charge in [-0.3, -0.25) is 4.79 Å². The molecule has 0 bridgehead atoms. The van der Waals surface area contributed by atoms with Crippen LogP contribution < -0.4 is 0 Å².